The molecule has 0 aromatic heterocycles. The first-order valence-corrected chi connectivity index (χ1v) is 12.1. The van der Waals surface area contributed by atoms with E-state index in [1.807, 2.05) is 0 Å². The van der Waals surface area contributed by atoms with Crippen LogP contribution in [0, 0.1) is 0 Å². The van der Waals surface area contributed by atoms with Gasteiger partial charge in [-0.05, 0) is 42.0 Å². The normalized spacial score (nSPS) is 18.6. The van der Waals surface area contributed by atoms with Crippen molar-refractivity contribution in [1.82, 2.24) is 8.61 Å². The molecule has 0 saturated carbocycles. The second-order valence-electron chi connectivity index (χ2n) is 6.63. The minimum atomic E-state index is -3.72. The lowest BCUT2D eigenvalue weighted by atomic mass is 10.2. The van der Waals surface area contributed by atoms with Crippen LogP contribution in [0.15, 0.2) is 52.3 Å². The van der Waals surface area contributed by atoms with Gasteiger partial charge in [-0.3, -0.25) is 0 Å². The van der Waals surface area contributed by atoms with E-state index in [1.54, 1.807) is 24.3 Å². The van der Waals surface area contributed by atoms with E-state index in [4.69, 9.17) is 16.3 Å². The SMILES string of the molecule is O=S(=O)(c1cccc(Cl)c1)N1CCN(S(=O)(=O)c2ccc3c(c2)CCO3)CC1. The number of rotatable bonds is 4. The largest absolute Gasteiger partial charge is 0.493 e. The van der Waals surface area contributed by atoms with Gasteiger partial charge in [-0.2, -0.15) is 8.61 Å². The number of piperazine rings is 1. The highest BCUT2D eigenvalue weighted by atomic mass is 35.5. The van der Waals surface area contributed by atoms with E-state index in [0.29, 0.717) is 18.1 Å². The highest BCUT2D eigenvalue weighted by Gasteiger charge is 2.34. The molecule has 1 saturated heterocycles. The molecule has 1 fully saturated rings. The summed E-state index contributed by atoms with van der Waals surface area (Å²) in [6.45, 7) is 0.911. The molecule has 2 aromatic rings. The van der Waals surface area contributed by atoms with Gasteiger partial charge in [-0.15, -0.1) is 0 Å². The molecule has 28 heavy (non-hydrogen) atoms. The van der Waals surface area contributed by atoms with Crippen LogP contribution in [0.3, 0.4) is 0 Å². The van der Waals surface area contributed by atoms with Crippen LogP contribution in [-0.2, 0) is 26.5 Å². The molecule has 150 valence electrons. The lowest BCUT2D eigenvalue weighted by Crippen LogP contribution is -2.50. The van der Waals surface area contributed by atoms with Crippen molar-refractivity contribution in [3.63, 3.8) is 0 Å². The lowest BCUT2D eigenvalue weighted by Gasteiger charge is -2.33. The number of halogens is 1. The number of sulfonamides is 2. The standard InChI is InChI=1S/C18H19ClN2O5S2/c19-15-2-1-3-16(13-15)27(22,23)20-7-9-21(10-8-20)28(24,25)17-4-5-18-14(12-17)6-11-26-18/h1-5,12-13H,6-11H2. The van der Waals surface area contributed by atoms with Gasteiger partial charge in [0.1, 0.15) is 5.75 Å². The van der Waals surface area contributed by atoms with Gasteiger partial charge < -0.3 is 4.74 Å². The summed E-state index contributed by atoms with van der Waals surface area (Å²) in [4.78, 5) is 0.317. The molecule has 0 atom stereocenters. The summed E-state index contributed by atoms with van der Waals surface area (Å²) in [5.41, 5.74) is 0.878. The molecule has 10 heteroatoms. The topological polar surface area (TPSA) is 84.0 Å². The smallest absolute Gasteiger partial charge is 0.243 e. The summed E-state index contributed by atoms with van der Waals surface area (Å²) >= 11 is 5.90. The van der Waals surface area contributed by atoms with E-state index in [9.17, 15) is 16.8 Å². The van der Waals surface area contributed by atoms with Crippen LogP contribution >= 0.6 is 11.6 Å². The average molecular weight is 443 g/mol. The maximum atomic E-state index is 13.0. The van der Waals surface area contributed by atoms with Gasteiger partial charge in [0.2, 0.25) is 20.0 Å². The third kappa shape index (κ3) is 3.53. The van der Waals surface area contributed by atoms with E-state index in [2.05, 4.69) is 0 Å². The summed E-state index contributed by atoms with van der Waals surface area (Å²) < 4.78 is 59.5. The Labute approximate surface area is 169 Å². The highest BCUT2D eigenvalue weighted by molar-refractivity contribution is 7.89. The summed E-state index contributed by atoms with van der Waals surface area (Å²) in [5.74, 6) is 0.719. The van der Waals surface area contributed by atoms with Crippen molar-refractivity contribution < 1.29 is 21.6 Å². The molecule has 0 aliphatic carbocycles. The zero-order chi connectivity index (χ0) is 19.9. The highest BCUT2D eigenvalue weighted by Crippen LogP contribution is 2.29. The fourth-order valence-electron chi connectivity index (χ4n) is 3.40. The summed E-state index contributed by atoms with van der Waals surface area (Å²) in [6.07, 6.45) is 0.685. The zero-order valence-corrected chi connectivity index (χ0v) is 17.3. The number of ether oxygens (including phenoxy) is 1. The molecule has 7 nitrogen and oxygen atoms in total. The minimum Gasteiger partial charge on any atom is -0.493 e. The quantitative estimate of drug-likeness (QED) is 0.722. The Morgan fingerprint density at radius 2 is 1.43 bits per heavy atom. The Hall–Kier alpha value is -1.65. The van der Waals surface area contributed by atoms with Gasteiger partial charge in [0.25, 0.3) is 0 Å². The lowest BCUT2D eigenvalue weighted by molar-refractivity contribution is 0.273. The fourth-order valence-corrected chi connectivity index (χ4v) is 6.60. The number of nitrogens with zero attached hydrogens (tertiary/aromatic N) is 2. The fraction of sp³-hybridized carbons (Fsp3) is 0.333. The first-order chi connectivity index (χ1) is 13.3. The van der Waals surface area contributed by atoms with Gasteiger partial charge in [-0.1, -0.05) is 17.7 Å². The predicted octanol–water partition coefficient (Wildman–Crippen LogP) is 1.97. The molecule has 0 unspecified atom stereocenters. The number of hydrogen-bond donors (Lipinski definition) is 0. The van der Waals surface area contributed by atoms with Gasteiger partial charge >= 0.3 is 0 Å². The average Bonchev–Trinajstić information content (AvgIpc) is 3.16. The van der Waals surface area contributed by atoms with E-state index < -0.39 is 20.0 Å². The van der Waals surface area contributed by atoms with Crippen LogP contribution in [0.5, 0.6) is 5.75 Å². The summed E-state index contributed by atoms with van der Waals surface area (Å²) in [6, 6.07) is 10.9. The van der Waals surface area contributed by atoms with E-state index in [1.165, 1.54) is 26.8 Å². The molecule has 2 heterocycles. The monoisotopic (exact) mass is 442 g/mol. The second-order valence-corrected chi connectivity index (χ2v) is 10.9. The minimum absolute atomic E-state index is 0.0854. The van der Waals surface area contributed by atoms with Crippen molar-refractivity contribution in [1.29, 1.82) is 0 Å². The van der Waals surface area contributed by atoms with E-state index in [-0.39, 0.29) is 36.0 Å². The molecule has 2 aromatic carbocycles. The Morgan fingerprint density at radius 1 is 0.821 bits per heavy atom. The van der Waals surface area contributed by atoms with E-state index >= 15 is 0 Å². The molecule has 0 N–H and O–H groups in total. The van der Waals surface area contributed by atoms with Gasteiger partial charge in [0.15, 0.2) is 0 Å². The second kappa shape index (κ2) is 7.31. The maximum Gasteiger partial charge on any atom is 0.243 e. The molecule has 0 bridgehead atoms. The van der Waals surface area contributed by atoms with Crippen LogP contribution in [0.4, 0.5) is 0 Å². The molecule has 0 amide bonds. The van der Waals surface area contributed by atoms with Crippen molar-refractivity contribution in [3.8, 4) is 5.75 Å². The third-order valence-electron chi connectivity index (χ3n) is 4.93. The van der Waals surface area contributed by atoms with Crippen LogP contribution in [0.1, 0.15) is 5.56 Å². The molecular formula is C18H19ClN2O5S2. The Bertz CT molecular complexity index is 1110. The molecule has 0 spiro atoms. The zero-order valence-electron chi connectivity index (χ0n) is 14.9. The maximum absolute atomic E-state index is 13.0. The van der Waals surface area contributed by atoms with Gasteiger partial charge in [0, 0.05) is 37.6 Å². The molecule has 2 aliphatic heterocycles. The number of benzene rings is 2. The third-order valence-corrected chi connectivity index (χ3v) is 8.95. The van der Waals surface area contributed by atoms with Crippen molar-refractivity contribution in [2.24, 2.45) is 0 Å². The molecule has 4 rings (SSSR count). The van der Waals surface area contributed by atoms with Crippen molar-refractivity contribution in [2.75, 3.05) is 32.8 Å². The Balaban J connectivity index is 1.51. The van der Waals surface area contributed by atoms with Crippen molar-refractivity contribution in [2.45, 2.75) is 16.2 Å². The Morgan fingerprint density at radius 3 is 2.04 bits per heavy atom. The van der Waals surface area contributed by atoms with Crippen LogP contribution in [0.25, 0.3) is 0 Å². The van der Waals surface area contributed by atoms with Crippen LogP contribution < -0.4 is 4.74 Å². The molecule has 0 radical (unpaired) electrons. The van der Waals surface area contributed by atoms with Gasteiger partial charge in [0.05, 0.1) is 16.4 Å². The number of hydrogen-bond acceptors (Lipinski definition) is 5. The Kier molecular flexibility index (Phi) is 5.13. The summed E-state index contributed by atoms with van der Waals surface area (Å²) in [7, 11) is -7.40. The summed E-state index contributed by atoms with van der Waals surface area (Å²) in [5, 5.41) is 0.336. The first kappa shape index (κ1) is 19.7. The van der Waals surface area contributed by atoms with E-state index in [0.717, 1.165) is 11.3 Å². The van der Waals surface area contributed by atoms with Gasteiger partial charge in [-0.25, -0.2) is 16.8 Å². The first-order valence-electron chi connectivity index (χ1n) is 8.80. The van der Waals surface area contributed by atoms with Crippen LogP contribution in [0.2, 0.25) is 5.02 Å². The van der Waals surface area contributed by atoms with Crippen LogP contribution in [-0.4, -0.2) is 58.2 Å². The van der Waals surface area contributed by atoms with Crippen molar-refractivity contribution >= 4 is 31.6 Å². The van der Waals surface area contributed by atoms with Crippen molar-refractivity contribution in [3.05, 3.63) is 53.1 Å². The predicted molar refractivity (Wildman–Crippen MR) is 105 cm³/mol. The molecule has 2 aliphatic rings. The number of fused-ring (bicyclic) bond motifs is 1. The molecular weight excluding hydrogens is 424 g/mol.